The number of terminal acetylenes is 1. The lowest BCUT2D eigenvalue weighted by Crippen LogP contribution is -2.29. The Bertz CT molecular complexity index is 1120. The predicted octanol–water partition coefficient (Wildman–Crippen LogP) is 4.64. The number of ether oxygens (including phenoxy) is 1. The first kappa shape index (κ1) is 18.6. The van der Waals surface area contributed by atoms with Crippen LogP contribution in [-0.2, 0) is 5.66 Å². The van der Waals surface area contributed by atoms with Crippen molar-refractivity contribution in [2.24, 2.45) is 10.2 Å². The number of H-pyrrole nitrogens is 1. The van der Waals surface area contributed by atoms with Crippen LogP contribution in [0.5, 0.6) is 11.5 Å². The fourth-order valence-electron chi connectivity index (χ4n) is 2.88. The van der Waals surface area contributed by atoms with E-state index in [1.165, 1.54) is 30.3 Å². The molecule has 2 aromatic carbocycles. The molecule has 2 N–H and O–H groups in total. The largest absolute Gasteiger partial charge is 0.507 e. The van der Waals surface area contributed by atoms with Gasteiger partial charge in [0.25, 0.3) is 0 Å². The maximum atomic E-state index is 13.1. The Morgan fingerprint density at radius 2 is 1.83 bits per heavy atom. The molecule has 0 radical (unpaired) electrons. The van der Waals surface area contributed by atoms with Crippen molar-refractivity contribution in [1.82, 2.24) is 10.2 Å². The summed E-state index contributed by atoms with van der Waals surface area (Å²) in [7, 11) is 0. The second kappa shape index (κ2) is 6.67. The molecule has 6 nitrogen and oxygen atoms in total. The lowest BCUT2D eigenvalue weighted by molar-refractivity contribution is -0.166. The minimum absolute atomic E-state index is 0.0444. The van der Waals surface area contributed by atoms with Crippen molar-refractivity contribution in [2.75, 3.05) is 6.61 Å². The molecule has 9 heteroatoms. The van der Waals surface area contributed by atoms with Crippen molar-refractivity contribution < 1.29 is 23.0 Å². The van der Waals surface area contributed by atoms with E-state index < -0.39 is 11.8 Å². The van der Waals surface area contributed by atoms with Crippen molar-refractivity contribution >= 4 is 0 Å². The van der Waals surface area contributed by atoms with Crippen molar-refractivity contribution in [3.63, 3.8) is 0 Å². The molecule has 0 bridgehead atoms. The fourth-order valence-corrected chi connectivity index (χ4v) is 2.88. The third kappa shape index (κ3) is 3.29. The van der Waals surface area contributed by atoms with Crippen LogP contribution in [-0.4, -0.2) is 28.1 Å². The van der Waals surface area contributed by atoms with Gasteiger partial charge in [-0.15, -0.1) is 16.7 Å². The van der Waals surface area contributed by atoms with Crippen LogP contribution in [0.2, 0.25) is 0 Å². The number of benzene rings is 2. The second-order valence-corrected chi connectivity index (χ2v) is 6.29. The first-order chi connectivity index (χ1) is 13.8. The van der Waals surface area contributed by atoms with Gasteiger partial charge in [-0.3, -0.25) is 5.10 Å². The molecule has 0 saturated carbocycles. The number of aromatic nitrogens is 2. The Labute approximate surface area is 163 Å². The van der Waals surface area contributed by atoms with E-state index in [1.807, 2.05) is 0 Å². The van der Waals surface area contributed by atoms with Gasteiger partial charge in [-0.05, 0) is 23.8 Å². The third-order valence-corrected chi connectivity index (χ3v) is 4.44. The zero-order valence-electron chi connectivity index (χ0n) is 14.7. The summed E-state index contributed by atoms with van der Waals surface area (Å²) in [5, 5.41) is 23.6. The van der Waals surface area contributed by atoms with Crippen LogP contribution >= 0.6 is 0 Å². The summed E-state index contributed by atoms with van der Waals surface area (Å²) in [5.41, 5.74) is -0.371. The van der Waals surface area contributed by atoms with Gasteiger partial charge in [0.05, 0.1) is 11.4 Å². The Hall–Kier alpha value is -3.80. The monoisotopic (exact) mass is 398 g/mol. The quantitative estimate of drug-likeness (QED) is 0.614. The van der Waals surface area contributed by atoms with E-state index in [4.69, 9.17) is 11.2 Å². The van der Waals surface area contributed by atoms with Crippen LogP contribution in [0.4, 0.5) is 13.2 Å². The first-order valence-corrected chi connectivity index (χ1v) is 8.41. The van der Waals surface area contributed by atoms with E-state index in [2.05, 4.69) is 26.3 Å². The third-order valence-electron chi connectivity index (χ3n) is 4.44. The first-order valence-electron chi connectivity index (χ1n) is 8.41. The molecule has 1 aliphatic heterocycles. The number of aromatic hydroxyl groups is 1. The molecule has 0 saturated heterocycles. The summed E-state index contributed by atoms with van der Waals surface area (Å²) in [6.07, 6.45) is 0.567. The number of nitrogens with zero attached hydrogens (tertiary/aromatic N) is 3. The minimum Gasteiger partial charge on any atom is -0.507 e. The molecule has 0 aliphatic carbocycles. The smallest absolute Gasteiger partial charge is 0.442 e. The zero-order chi connectivity index (χ0) is 20.6. The summed E-state index contributed by atoms with van der Waals surface area (Å²) in [6, 6.07) is 12.1. The van der Waals surface area contributed by atoms with Gasteiger partial charge in [0.2, 0.25) is 0 Å². The fraction of sp³-hybridized carbons (Fsp3) is 0.150. The lowest BCUT2D eigenvalue weighted by atomic mass is 10.00. The summed E-state index contributed by atoms with van der Waals surface area (Å²) >= 11 is 0. The summed E-state index contributed by atoms with van der Waals surface area (Å²) < 4.78 is 44.5. The average molecular weight is 398 g/mol. The molecule has 4 rings (SSSR count). The van der Waals surface area contributed by atoms with Crippen LogP contribution in [0.1, 0.15) is 5.56 Å². The van der Waals surface area contributed by atoms with Crippen molar-refractivity contribution in [3.05, 3.63) is 54.1 Å². The summed E-state index contributed by atoms with van der Waals surface area (Å²) in [6.45, 7) is 0.0809. The number of hydrogen-bond donors (Lipinski definition) is 2. The molecule has 3 aromatic rings. The van der Waals surface area contributed by atoms with Gasteiger partial charge in [0.15, 0.2) is 0 Å². The highest BCUT2D eigenvalue weighted by atomic mass is 19.4. The number of hydrogen-bond acceptors (Lipinski definition) is 5. The SMILES string of the molecule is C#CCOc1ccc(-c2cc(-c3ccc(C4(C(F)(F)F)N=N4)cc3)[nH]n2)c(O)c1. The van der Waals surface area contributed by atoms with Gasteiger partial charge in [-0.25, -0.2) is 0 Å². The van der Waals surface area contributed by atoms with Crippen molar-refractivity contribution in [3.8, 4) is 46.4 Å². The minimum atomic E-state index is -4.57. The van der Waals surface area contributed by atoms with Crippen molar-refractivity contribution in [1.29, 1.82) is 0 Å². The highest BCUT2D eigenvalue weighted by Gasteiger charge is 2.65. The number of phenolic OH excluding ortho intramolecular Hbond substituents is 1. The molecular formula is C20H13F3N4O2. The average Bonchev–Trinajstić information content (AvgIpc) is 3.39. The number of halogens is 3. The highest BCUT2D eigenvalue weighted by molar-refractivity contribution is 5.73. The molecular weight excluding hydrogens is 385 g/mol. The van der Waals surface area contributed by atoms with E-state index in [1.54, 1.807) is 18.2 Å². The molecule has 0 amide bonds. The normalized spacial score (nSPS) is 14.4. The van der Waals surface area contributed by atoms with E-state index in [-0.39, 0.29) is 17.9 Å². The van der Waals surface area contributed by atoms with Gasteiger partial charge in [-0.2, -0.15) is 18.3 Å². The van der Waals surface area contributed by atoms with E-state index in [9.17, 15) is 18.3 Å². The van der Waals surface area contributed by atoms with Crippen molar-refractivity contribution in [2.45, 2.75) is 11.8 Å². The molecule has 1 aliphatic rings. The Morgan fingerprint density at radius 1 is 1.10 bits per heavy atom. The molecule has 1 aromatic heterocycles. The molecule has 0 spiro atoms. The molecule has 0 fully saturated rings. The maximum absolute atomic E-state index is 13.1. The maximum Gasteiger partial charge on any atom is 0.442 e. The van der Waals surface area contributed by atoms with Crippen LogP contribution < -0.4 is 4.74 Å². The molecule has 146 valence electrons. The summed E-state index contributed by atoms with van der Waals surface area (Å²) in [4.78, 5) is 0. The van der Waals surface area contributed by atoms with E-state index >= 15 is 0 Å². The van der Waals surface area contributed by atoms with E-state index in [0.717, 1.165) is 0 Å². The van der Waals surface area contributed by atoms with Gasteiger partial charge >= 0.3 is 11.8 Å². The molecule has 0 atom stereocenters. The zero-order valence-corrected chi connectivity index (χ0v) is 14.7. The van der Waals surface area contributed by atoms with Crippen LogP contribution in [0, 0.1) is 12.3 Å². The molecule has 29 heavy (non-hydrogen) atoms. The number of alkyl halides is 3. The number of aromatic amines is 1. The highest BCUT2D eigenvalue weighted by Crippen LogP contribution is 2.52. The predicted molar refractivity (Wildman–Crippen MR) is 98.0 cm³/mol. The van der Waals surface area contributed by atoms with E-state index in [0.29, 0.717) is 28.3 Å². The standard InChI is InChI=1S/C20H13F3N4O2/c1-2-9-29-14-7-8-15(18(28)10-14)17-11-16(24-25-17)12-3-5-13(6-4-12)19(26-27-19)20(21,22)23/h1,3-8,10-11,28H,9H2,(H,24,25). The Balaban J connectivity index is 1.56. The number of nitrogens with one attached hydrogen (secondary N) is 1. The topological polar surface area (TPSA) is 82.9 Å². The van der Waals surface area contributed by atoms with Gasteiger partial charge in [0, 0.05) is 17.2 Å². The lowest BCUT2D eigenvalue weighted by Gasteiger charge is -2.14. The Kier molecular flexibility index (Phi) is 4.27. The summed E-state index contributed by atoms with van der Waals surface area (Å²) in [5.74, 6) is 2.71. The van der Waals surface area contributed by atoms with Crippen LogP contribution in [0.25, 0.3) is 22.5 Å². The molecule has 0 unspecified atom stereocenters. The van der Waals surface area contributed by atoms with Gasteiger partial charge in [0.1, 0.15) is 18.1 Å². The van der Waals surface area contributed by atoms with Gasteiger partial charge in [-0.1, -0.05) is 30.2 Å². The second-order valence-electron chi connectivity index (χ2n) is 6.29. The van der Waals surface area contributed by atoms with Gasteiger partial charge < -0.3 is 9.84 Å². The number of phenols is 1. The van der Waals surface area contributed by atoms with Crippen LogP contribution in [0.15, 0.2) is 58.8 Å². The Morgan fingerprint density at radius 3 is 2.41 bits per heavy atom. The van der Waals surface area contributed by atoms with Crippen LogP contribution in [0.3, 0.4) is 0 Å². The molecule has 2 heterocycles. The number of rotatable bonds is 5.